The lowest BCUT2D eigenvalue weighted by Crippen LogP contribution is -2.08. The van der Waals surface area contributed by atoms with Gasteiger partial charge in [-0.15, -0.1) is 0 Å². The molecule has 1 heterocycles. The Labute approximate surface area is 193 Å². The second kappa shape index (κ2) is 9.58. The van der Waals surface area contributed by atoms with Crippen LogP contribution in [0, 0.1) is 0 Å². The second-order valence-corrected chi connectivity index (χ2v) is 9.25. The molecular weight excluding hydrogens is 442 g/mol. The maximum Gasteiger partial charge on any atom is 0.305 e. The van der Waals surface area contributed by atoms with Crippen LogP contribution < -0.4 is 9.47 Å². The topological polar surface area (TPSA) is 90.2 Å². The van der Waals surface area contributed by atoms with E-state index >= 15 is 0 Å². The quantitative estimate of drug-likeness (QED) is 0.303. The van der Waals surface area contributed by atoms with Gasteiger partial charge in [0, 0.05) is 18.0 Å². The maximum atomic E-state index is 11.7. The van der Waals surface area contributed by atoms with Gasteiger partial charge in [0.05, 0.1) is 24.6 Å². The first-order chi connectivity index (χ1) is 15.9. The molecule has 7 nitrogen and oxygen atoms in total. The van der Waals surface area contributed by atoms with Gasteiger partial charge in [0.1, 0.15) is 17.2 Å². The van der Waals surface area contributed by atoms with Gasteiger partial charge in [-0.3, -0.25) is 13.9 Å². The number of fused-ring (bicyclic) bond motifs is 1. The number of para-hydroxylation sites is 1. The molecule has 0 aliphatic carbocycles. The number of benzene rings is 3. The number of carbonyl (C=O) groups is 1. The van der Waals surface area contributed by atoms with E-state index < -0.39 is 10.8 Å². The highest BCUT2D eigenvalue weighted by Crippen LogP contribution is 2.52. The number of hydrogen-bond acceptors (Lipinski definition) is 6. The lowest BCUT2D eigenvalue weighted by Gasteiger charge is -2.34. The molecule has 3 aromatic carbocycles. The van der Waals surface area contributed by atoms with Gasteiger partial charge in [-0.25, -0.2) is 3.97 Å². The smallest absolute Gasteiger partial charge is 0.305 e. The predicted molar refractivity (Wildman–Crippen MR) is 128 cm³/mol. The van der Waals surface area contributed by atoms with Crippen LogP contribution in [-0.2, 0) is 16.0 Å². The molecule has 0 saturated carbocycles. The van der Waals surface area contributed by atoms with Crippen molar-refractivity contribution in [1.29, 1.82) is 0 Å². The van der Waals surface area contributed by atoms with Crippen LogP contribution in [-0.4, -0.2) is 33.3 Å². The van der Waals surface area contributed by atoms with Crippen LogP contribution in [0.1, 0.15) is 12.0 Å². The minimum atomic E-state index is -3.39. The van der Waals surface area contributed by atoms with Crippen molar-refractivity contribution in [2.45, 2.75) is 17.7 Å². The third-order valence-corrected chi connectivity index (χ3v) is 7.03. The minimum Gasteiger partial charge on any atom is -0.497 e. The number of rotatable bonds is 8. The Balaban J connectivity index is 1.68. The van der Waals surface area contributed by atoms with Crippen LogP contribution in [0.15, 0.2) is 83.9 Å². The Bertz CT molecular complexity index is 1250. The Morgan fingerprint density at radius 1 is 0.909 bits per heavy atom. The summed E-state index contributed by atoms with van der Waals surface area (Å²) in [5.41, 5.74) is 1.42. The van der Waals surface area contributed by atoms with E-state index in [0.717, 1.165) is 10.9 Å². The molecule has 0 aliphatic rings. The van der Waals surface area contributed by atoms with Crippen molar-refractivity contribution in [3.8, 4) is 17.2 Å². The number of ether oxygens (including phenoxy) is 3. The first-order valence-electron chi connectivity index (χ1n) is 10.3. The van der Waals surface area contributed by atoms with Gasteiger partial charge in [0.15, 0.2) is 0 Å². The molecule has 1 aromatic heterocycles. The molecule has 0 amide bonds. The molecule has 0 atom stereocenters. The van der Waals surface area contributed by atoms with Gasteiger partial charge in [0.25, 0.3) is 0 Å². The molecule has 172 valence electrons. The summed E-state index contributed by atoms with van der Waals surface area (Å²) >= 11 is 0. The Kier molecular flexibility index (Phi) is 6.60. The largest absolute Gasteiger partial charge is 0.497 e. The number of aromatic nitrogens is 1. The summed E-state index contributed by atoms with van der Waals surface area (Å²) in [6.07, 6.45) is 2.25. The normalized spacial score (nSPS) is 11.9. The van der Waals surface area contributed by atoms with Gasteiger partial charge < -0.3 is 14.2 Å². The molecule has 0 saturated heterocycles. The molecule has 33 heavy (non-hydrogen) atoms. The molecule has 4 rings (SSSR count). The van der Waals surface area contributed by atoms with E-state index in [0.29, 0.717) is 34.1 Å². The number of carbonyl (C=O) groups excluding carboxylic acids is 1. The summed E-state index contributed by atoms with van der Waals surface area (Å²) in [4.78, 5) is 12.0. The van der Waals surface area contributed by atoms with Crippen LogP contribution in [0.3, 0.4) is 0 Å². The van der Waals surface area contributed by atoms with E-state index in [-0.39, 0.29) is 12.4 Å². The fraction of sp³-hybridized carbons (Fsp3) is 0.160. The van der Waals surface area contributed by atoms with Crippen LogP contribution in [0.4, 0.5) is 0 Å². The highest BCUT2D eigenvalue weighted by atomic mass is 32.3. The molecule has 0 radical (unpaired) electrons. The molecule has 0 unspecified atom stereocenters. The summed E-state index contributed by atoms with van der Waals surface area (Å²) in [7, 11) is -0.482. The van der Waals surface area contributed by atoms with Gasteiger partial charge in [-0.1, -0.05) is 29.0 Å². The number of aryl methyl sites for hydroxylation is 1. The first-order valence-corrected chi connectivity index (χ1v) is 11.8. The molecule has 4 aromatic rings. The summed E-state index contributed by atoms with van der Waals surface area (Å²) < 4.78 is 39.8. The number of nitrogens with zero attached hydrogens (tertiary/aromatic N) is 1. The first kappa shape index (κ1) is 22.7. The van der Waals surface area contributed by atoms with Gasteiger partial charge >= 0.3 is 5.97 Å². The summed E-state index contributed by atoms with van der Waals surface area (Å²) in [6.45, 7) is 0. The van der Waals surface area contributed by atoms with Crippen molar-refractivity contribution >= 4 is 27.6 Å². The summed E-state index contributed by atoms with van der Waals surface area (Å²) in [5.74, 6) is 1.58. The van der Waals surface area contributed by atoms with Crippen LogP contribution >= 0.6 is 10.8 Å². The fourth-order valence-electron chi connectivity index (χ4n) is 3.55. The molecular formula is C25H25NO6S. The molecule has 0 bridgehead atoms. The monoisotopic (exact) mass is 467 g/mol. The van der Waals surface area contributed by atoms with Crippen molar-refractivity contribution < 1.29 is 28.1 Å². The summed E-state index contributed by atoms with van der Waals surface area (Å²) in [6, 6.07) is 21.4. The average molecular weight is 468 g/mol. The zero-order valence-electron chi connectivity index (χ0n) is 18.3. The van der Waals surface area contributed by atoms with E-state index in [1.807, 2.05) is 36.4 Å². The van der Waals surface area contributed by atoms with Crippen LogP contribution in [0.2, 0.25) is 0 Å². The molecule has 0 fully saturated rings. The third kappa shape index (κ3) is 4.83. The standard InChI is InChI=1S/C25H25NO6S/c1-30-21-11-14-24-23(16-21)18(8-15-25(27)31-2)17-26(24)33(28,29)22-12-9-20(10-13-22)32-19-6-4-3-5-7-19/h3-7,9-14,16-17,28-29H,8,15H2,1-2H3. The maximum absolute atomic E-state index is 11.7. The molecule has 8 heteroatoms. The van der Waals surface area contributed by atoms with Gasteiger partial charge in [-0.05, 0) is 66.6 Å². The minimum absolute atomic E-state index is 0.178. The van der Waals surface area contributed by atoms with Crippen molar-refractivity contribution in [2.75, 3.05) is 14.2 Å². The highest BCUT2D eigenvalue weighted by Gasteiger charge is 2.23. The summed E-state index contributed by atoms with van der Waals surface area (Å²) in [5, 5.41) is 0.780. The van der Waals surface area contributed by atoms with Crippen molar-refractivity contribution in [1.82, 2.24) is 3.97 Å². The Morgan fingerprint density at radius 2 is 1.58 bits per heavy atom. The Morgan fingerprint density at radius 3 is 2.24 bits per heavy atom. The van der Waals surface area contributed by atoms with E-state index in [1.165, 1.54) is 11.1 Å². The van der Waals surface area contributed by atoms with Gasteiger partial charge in [-0.2, -0.15) is 0 Å². The number of methoxy groups -OCH3 is 2. The van der Waals surface area contributed by atoms with Crippen molar-refractivity contribution in [2.24, 2.45) is 0 Å². The lowest BCUT2D eigenvalue weighted by atomic mass is 10.1. The Hall–Kier alpha value is -3.46. The zero-order valence-corrected chi connectivity index (χ0v) is 19.1. The van der Waals surface area contributed by atoms with E-state index in [2.05, 4.69) is 0 Å². The van der Waals surface area contributed by atoms with Crippen LogP contribution in [0.5, 0.6) is 17.2 Å². The van der Waals surface area contributed by atoms with Crippen LogP contribution in [0.25, 0.3) is 10.9 Å². The van der Waals surface area contributed by atoms with E-state index in [1.54, 1.807) is 49.7 Å². The lowest BCUT2D eigenvalue weighted by molar-refractivity contribution is -0.140. The second-order valence-electron chi connectivity index (χ2n) is 7.34. The van der Waals surface area contributed by atoms with E-state index in [4.69, 9.17) is 14.2 Å². The van der Waals surface area contributed by atoms with Gasteiger partial charge in [0.2, 0.25) is 0 Å². The zero-order chi connectivity index (χ0) is 23.4. The molecule has 0 aliphatic heterocycles. The molecule has 0 spiro atoms. The predicted octanol–water partition coefficient (Wildman–Crippen LogP) is 6.12. The average Bonchev–Trinajstić information content (AvgIpc) is 3.22. The SMILES string of the molecule is COC(=O)CCc1cn(S(O)(O)c2ccc(Oc3ccccc3)cc2)c2ccc(OC)cc12. The molecule has 2 N–H and O–H groups in total. The van der Waals surface area contributed by atoms with Crippen molar-refractivity contribution in [3.05, 3.63) is 84.6 Å². The fourth-order valence-corrected chi connectivity index (χ4v) is 4.99. The van der Waals surface area contributed by atoms with Crippen molar-refractivity contribution in [3.63, 3.8) is 0 Å². The number of esters is 1. The number of hydrogen-bond donors (Lipinski definition) is 2. The van der Waals surface area contributed by atoms with E-state index in [9.17, 15) is 13.9 Å². The highest BCUT2D eigenvalue weighted by molar-refractivity contribution is 8.23. The third-order valence-electron chi connectivity index (χ3n) is 5.28.